The summed E-state index contributed by atoms with van der Waals surface area (Å²) in [6, 6.07) is 3.33. The van der Waals surface area contributed by atoms with Crippen molar-refractivity contribution in [2.45, 2.75) is 45.4 Å². The standard InChI is InChI=1S/C19H26F2N2O2/c1-11-4-5-13(19(21)18(11)20)8-23-9-14-6-16(22-12(2)24)17(25-3)7-15(14)10-23/h4-5,14-17H,6-10H2,1-3H3,(H,22,24)/t14-,15+,16-,17-/m1/s1. The molecular formula is C19H26F2N2O2. The molecule has 1 aromatic rings. The third-order valence-corrected chi connectivity index (χ3v) is 5.63. The van der Waals surface area contributed by atoms with Crippen molar-refractivity contribution in [2.24, 2.45) is 11.8 Å². The lowest BCUT2D eigenvalue weighted by Gasteiger charge is -2.37. The van der Waals surface area contributed by atoms with Gasteiger partial charge in [-0.05, 0) is 37.2 Å². The van der Waals surface area contributed by atoms with E-state index in [1.165, 1.54) is 6.92 Å². The summed E-state index contributed by atoms with van der Waals surface area (Å²) in [6.07, 6.45) is 1.76. The van der Waals surface area contributed by atoms with Crippen molar-refractivity contribution < 1.29 is 18.3 Å². The number of hydrogen-bond donors (Lipinski definition) is 1. The summed E-state index contributed by atoms with van der Waals surface area (Å²) in [5.41, 5.74) is 0.737. The maximum atomic E-state index is 14.1. The van der Waals surface area contributed by atoms with Gasteiger partial charge in [0, 0.05) is 39.2 Å². The van der Waals surface area contributed by atoms with Crippen LogP contribution in [0.5, 0.6) is 0 Å². The minimum absolute atomic E-state index is 0.0126. The van der Waals surface area contributed by atoms with Gasteiger partial charge in [-0.25, -0.2) is 8.78 Å². The Labute approximate surface area is 147 Å². The Bertz CT molecular complexity index is 653. The number of hydrogen-bond acceptors (Lipinski definition) is 3. The fourth-order valence-electron chi connectivity index (χ4n) is 4.36. The number of rotatable bonds is 4. The van der Waals surface area contributed by atoms with Crippen LogP contribution in [0.2, 0.25) is 0 Å². The average Bonchev–Trinajstić information content (AvgIpc) is 2.95. The summed E-state index contributed by atoms with van der Waals surface area (Å²) in [7, 11) is 1.68. The zero-order valence-corrected chi connectivity index (χ0v) is 15.0. The van der Waals surface area contributed by atoms with E-state index < -0.39 is 11.6 Å². The van der Waals surface area contributed by atoms with Gasteiger partial charge in [0.15, 0.2) is 11.6 Å². The van der Waals surface area contributed by atoms with Crippen molar-refractivity contribution >= 4 is 5.91 Å². The molecule has 6 heteroatoms. The second kappa shape index (κ2) is 7.38. The van der Waals surface area contributed by atoms with Crippen LogP contribution in [0.25, 0.3) is 0 Å². The lowest BCUT2D eigenvalue weighted by Crippen LogP contribution is -2.49. The van der Waals surface area contributed by atoms with Crippen LogP contribution in [0.3, 0.4) is 0 Å². The number of nitrogens with zero attached hydrogens (tertiary/aromatic N) is 1. The highest BCUT2D eigenvalue weighted by molar-refractivity contribution is 5.73. The van der Waals surface area contributed by atoms with Gasteiger partial charge < -0.3 is 10.1 Å². The number of nitrogens with one attached hydrogen (secondary N) is 1. The quantitative estimate of drug-likeness (QED) is 0.906. The fraction of sp³-hybridized carbons (Fsp3) is 0.632. The molecule has 1 N–H and O–H groups in total. The number of benzene rings is 1. The lowest BCUT2D eigenvalue weighted by molar-refractivity contribution is -0.121. The van der Waals surface area contributed by atoms with Crippen LogP contribution >= 0.6 is 0 Å². The van der Waals surface area contributed by atoms with Gasteiger partial charge in [-0.2, -0.15) is 0 Å². The van der Waals surface area contributed by atoms with Gasteiger partial charge in [0.1, 0.15) is 0 Å². The molecule has 1 saturated carbocycles. The first-order valence-electron chi connectivity index (χ1n) is 8.84. The van der Waals surface area contributed by atoms with E-state index in [0.717, 1.165) is 25.9 Å². The van der Waals surface area contributed by atoms with Gasteiger partial charge in [-0.3, -0.25) is 9.69 Å². The molecule has 0 radical (unpaired) electrons. The first-order chi connectivity index (χ1) is 11.9. The SMILES string of the molecule is CO[C@@H]1C[C@H]2CN(Cc3ccc(C)c(F)c3F)C[C@H]2C[C@H]1NC(C)=O. The Morgan fingerprint density at radius 3 is 2.56 bits per heavy atom. The average molecular weight is 352 g/mol. The number of aryl methyl sites for hydroxylation is 1. The van der Waals surface area contributed by atoms with E-state index >= 15 is 0 Å². The summed E-state index contributed by atoms with van der Waals surface area (Å²) >= 11 is 0. The summed E-state index contributed by atoms with van der Waals surface area (Å²) in [5.74, 6) is -0.618. The molecule has 25 heavy (non-hydrogen) atoms. The molecule has 1 heterocycles. The molecule has 2 aliphatic rings. The smallest absolute Gasteiger partial charge is 0.217 e. The van der Waals surface area contributed by atoms with Crippen LogP contribution in [0.15, 0.2) is 12.1 Å². The first kappa shape index (κ1) is 18.3. The highest BCUT2D eigenvalue weighted by Crippen LogP contribution is 2.38. The molecule has 3 rings (SSSR count). The Morgan fingerprint density at radius 2 is 1.92 bits per heavy atom. The molecule has 0 spiro atoms. The van der Waals surface area contributed by atoms with E-state index in [-0.39, 0.29) is 18.1 Å². The highest BCUT2D eigenvalue weighted by Gasteiger charge is 2.42. The van der Waals surface area contributed by atoms with Crippen LogP contribution in [-0.2, 0) is 16.1 Å². The second-order valence-electron chi connectivity index (χ2n) is 7.44. The maximum Gasteiger partial charge on any atom is 0.217 e. The van der Waals surface area contributed by atoms with Crippen molar-refractivity contribution in [2.75, 3.05) is 20.2 Å². The zero-order valence-electron chi connectivity index (χ0n) is 15.0. The highest BCUT2D eigenvalue weighted by atomic mass is 19.2. The third kappa shape index (κ3) is 3.85. The third-order valence-electron chi connectivity index (χ3n) is 5.63. The van der Waals surface area contributed by atoms with Crippen LogP contribution < -0.4 is 5.32 Å². The van der Waals surface area contributed by atoms with E-state index in [1.54, 1.807) is 26.2 Å². The zero-order chi connectivity index (χ0) is 18.1. The van der Waals surface area contributed by atoms with E-state index in [9.17, 15) is 13.6 Å². The van der Waals surface area contributed by atoms with Crippen molar-refractivity contribution in [3.8, 4) is 0 Å². The number of carbonyl (C=O) groups is 1. The Morgan fingerprint density at radius 1 is 1.24 bits per heavy atom. The van der Waals surface area contributed by atoms with E-state index in [1.807, 2.05) is 0 Å². The van der Waals surface area contributed by atoms with E-state index in [2.05, 4.69) is 10.2 Å². The molecule has 1 aliphatic heterocycles. The fourth-order valence-corrected chi connectivity index (χ4v) is 4.36. The first-order valence-corrected chi connectivity index (χ1v) is 8.84. The second-order valence-corrected chi connectivity index (χ2v) is 7.44. The molecule has 0 unspecified atom stereocenters. The maximum absolute atomic E-state index is 14.1. The molecular weight excluding hydrogens is 326 g/mol. The minimum Gasteiger partial charge on any atom is -0.379 e. The molecule has 1 aliphatic carbocycles. The van der Waals surface area contributed by atoms with Gasteiger partial charge in [0.05, 0.1) is 12.1 Å². The van der Waals surface area contributed by atoms with Crippen molar-refractivity contribution in [1.29, 1.82) is 0 Å². The number of ether oxygens (including phenoxy) is 1. The number of halogens is 2. The summed E-state index contributed by atoms with van der Waals surface area (Å²) in [5, 5.41) is 2.99. The number of carbonyl (C=O) groups excluding carboxylic acids is 1. The summed E-state index contributed by atoms with van der Waals surface area (Å²) in [4.78, 5) is 13.6. The lowest BCUT2D eigenvalue weighted by atomic mass is 9.77. The Kier molecular flexibility index (Phi) is 5.39. The number of likely N-dealkylation sites (tertiary alicyclic amines) is 1. The van der Waals surface area contributed by atoms with Crippen LogP contribution in [0.4, 0.5) is 8.78 Å². The monoisotopic (exact) mass is 352 g/mol. The largest absolute Gasteiger partial charge is 0.379 e. The van der Waals surface area contributed by atoms with Gasteiger partial charge >= 0.3 is 0 Å². The molecule has 2 fully saturated rings. The van der Waals surface area contributed by atoms with E-state index in [0.29, 0.717) is 29.5 Å². The topological polar surface area (TPSA) is 41.6 Å². The normalized spacial score (nSPS) is 29.5. The molecule has 1 saturated heterocycles. The van der Waals surface area contributed by atoms with Crippen molar-refractivity contribution in [3.05, 3.63) is 34.9 Å². The van der Waals surface area contributed by atoms with Gasteiger partial charge in [-0.1, -0.05) is 12.1 Å². The van der Waals surface area contributed by atoms with Gasteiger partial charge in [-0.15, -0.1) is 0 Å². The molecule has 0 bridgehead atoms. The number of methoxy groups -OCH3 is 1. The minimum atomic E-state index is -0.751. The molecule has 1 aromatic carbocycles. The predicted molar refractivity (Wildman–Crippen MR) is 91.0 cm³/mol. The molecule has 4 atom stereocenters. The molecule has 4 nitrogen and oxygen atoms in total. The Balaban J connectivity index is 1.67. The van der Waals surface area contributed by atoms with Crippen LogP contribution in [0, 0.1) is 30.4 Å². The molecule has 0 aromatic heterocycles. The predicted octanol–water partition coefficient (Wildman–Crippen LogP) is 2.63. The Hall–Kier alpha value is -1.53. The van der Waals surface area contributed by atoms with Crippen molar-refractivity contribution in [1.82, 2.24) is 10.2 Å². The summed E-state index contributed by atoms with van der Waals surface area (Å²) < 4.78 is 33.5. The molecule has 1 amide bonds. The van der Waals surface area contributed by atoms with Crippen LogP contribution in [0.1, 0.15) is 30.9 Å². The molecule has 138 valence electrons. The number of amides is 1. The van der Waals surface area contributed by atoms with Gasteiger partial charge in [0.25, 0.3) is 0 Å². The van der Waals surface area contributed by atoms with Gasteiger partial charge in [0.2, 0.25) is 5.91 Å². The van der Waals surface area contributed by atoms with Crippen LogP contribution in [-0.4, -0.2) is 43.2 Å². The van der Waals surface area contributed by atoms with Crippen molar-refractivity contribution in [3.63, 3.8) is 0 Å². The number of fused-ring (bicyclic) bond motifs is 1. The summed E-state index contributed by atoms with van der Waals surface area (Å²) in [6.45, 7) is 5.20. The van der Waals surface area contributed by atoms with E-state index in [4.69, 9.17) is 4.74 Å².